The maximum atomic E-state index is 13.3. The van der Waals surface area contributed by atoms with Crippen molar-refractivity contribution in [3.8, 4) is 0 Å². The smallest absolute Gasteiger partial charge is 0.350 e. The summed E-state index contributed by atoms with van der Waals surface area (Å²) < 4.78 is 40.0. The van der Waals surface area contributed by atoms with Crippen molar-refractivity contribution in [1.82, 2.24) is 15.5 Å². The summed E-state index contributed by atoms with van der Waals surface area (Å²) >= 11 is 0. The molecule has 6 nitrogen and oxygen atoms in total. The predicted octanol–water partition coefficient (Wildman–Crippen LogP) is 1.85. The van der Waals surface area contributed by atoms with Crippen LogP contribution in [0.15, 0.2) is 24.3 Å². The number of hydrogen-bond donors (Lipinski definition) is 3. The van der Waals surface area contributed by atoms with Gasteiger partial charge < -0.3 is 16.0 Å². The van der Waals surface area contributed by atoms with Crippen LogP contribution >= 0.6 is 0 Å². The molecular formula is C18H25F3N4O2. The number of benzene rings is 1. The molecule has 0 aromatic heterocycles. The number of alkyl halides is 3. The van der Waals surface area contributed by atoms with Gasteiger partial charge in [-0.2, -0.15) is 13.2 Å². The highest BCUT2D eigenvalue weighted by molar-refractivity contribution is 5.96. The molecular weight excluding hydrogens is 361 g/mol. The van der Waals surface area contributed by atoms with Crippen LogP contribution in [-0.2, 0) is 4.79 Å². The quantitative estimate of drug-likeness (QED) is 0.698. The van der Waals surface area contributed by atoms with E-state index in [1.807, 2.05) is 0 Å². The van der Waals surface area contributed by atoms with E-state index in [-0.39, 0.29) is 30.5 Å². The van der Waals surface area contributed by atoms with Gasteiger partial charge in [0.2, 0.25) is 5.91 Å². The number of nitrogens with zero attached hydrogens (tertiary/aromatic N) is 1. The van der Waals surface area contributed by atoms with Gasteiger partial charge in [0.1, 0.15) is 6.04 Å². The Morgan fingerprint density at radius 3 is 2.26 bits per heavy atom. The van der Waals surface area contributed by atoms with Crippen molar-refractivity contribution in [2.75, 3.05) is 38.0 Å². The molecule has 1 aromatic carbocycles. The first-order valence-electron chi connectivity index (χ1n) is 8.89. The summed E-state index contributed by atoms with van der Waals surface area (Å²) in [7, 11) is 0. The third-order valence-electron chi connectivity index (χ3n) is 4.37. The number of amides is 2. The molecule has 150 valence electrons. The Bertz CT molecular complexity index is 641. The molecule has 0 saturated carbocycles. The van der Waals surface area contributed by atoms with Crippen molar-refractivity contribution in [3.63, 3.8) is 0 Å². The second-order valence-corrected chi connectivity index (χ2v) is 6.77. The average molecular weight is 386 g/mol. The van der Waals surface area contributed by atoms with Crippen LogP contribution in [0.3, 0.4) is 0 Å². The maximum absolute atomic E-state index is 13.3. The zero-order valence-electron chi connectivity index (χ0n) is 15.4. The molecule has 1 saturated heterocycles. The lowest BCUT2D eigenvalue weighted by atomic mass is 10.1. The molecule has 1 fully saturated rings. The molecule has 1 unspecified atom stereocenters. The Balaban J connectivity index is 1.95. The maximum Gasteiger partial charge on any atom is 0.405 e. The van der Waals surface area contributed by atoms with Crippen molar-refractivity contribution < 1.29 is 22.8 Å². The molecule has 0 aliphatic carbocycles. The lowest BCUT2D eigenvalue weighted by Gasteiger charge is -2.35. The van der Waals surface area contributed by atoms with E-state index in [1.165, 1.54) is 17.0 Å². The topological polar surface area (TPSA) is 73.5 Å². The molecule has 0 spiro atoms. The van der Waals surface area contributed by atoms with Gasteiger partial charge in [-0.25, -0.2) is 0 Å². The predicted molar refractivity (Wildman–Crippen MR) is 96.5 cm³/mol. The monoisotopic (exact) mass is 386 g/mol. The average Bonchev–Trinajstić information content (AvgIpc) is 2.62. The fourth-order valence-electron chi connectivity index (χ4n) is 2.73. The van der Waals surface area contributed by atoms with E-state index < -0.39 is 24.7 Å². The van der Waals surface area contributed by atoms with Crippen LogP contribution in [0, 0.1) is 5.92 Å². The molecule has 3 N–H and O–H groups in total. The highest BCUT2D eigenvalue weighted by atomic mass is 19.4. The van der Waals surface area contributed by atoms with Crippen LogP contribution in [0.2, 0.25) is 0 Å². The molecule has 0 radical (unpaired) electrons. The van der Waals surface area contributed by atoms with E-state index >= 15 is 0 Å². The third kappa shape index (κ3) is 6.21. The van der Waals surface area contributed by atoms with Crippen LogP contribution < -0.4 is 16.0 Å². The van der Waals surface area contributed by atoms with Gasteiger partial charge in [0.15, 0.2) is 0 Å². The SMILES string of the molecule is CC(C)C(=O)Nc1ccc(C(=O)NCC(N2CCNCC2)C(F)(F)F)cc1. The minimum atomic E-state index is -4.42. The van der Waals surface area contributed by atoms with Gasteiger partial charge in [0.25, 0.3) is 5.91 Å². The Morgan fingerprint density at radius 2 is 1.74 bits per heavy atom. The summed E-state index contributed by atoms with van der Waals surface area (Å²) in [6.07, 6.45) is -4.42. The van der Waals surface area contributed by atoms with Gasteiger partial charge >= 0.3 is 6.18 Å². The number of hydrogen-bond acceptors (Lipinski definition) is 4. The minimum absolute atomic E-state index is 0.156. The van der Waals surface area contributed by atoms with Crippen molar-refractivity contribution in [2.45, 2.75) is 26.1 Å². The van der Waals surface area contributed by atoms with Crippen molar-refractivity contribution in [2.24, 2.45) is 5.92 Å². The number of halogens is 3. The van der Waals surface area contributed by atoms with E-state index in [0.717, 1.165) is 0 Å². The van der Waals surface area contributed by atoms with Gasteiger partial charge in [0.05, 0.1) is 0 Å². The molecule has 2 amide bonds. The Morgan fingerprint density at radius 1 is 1.15 bits per heavy atom. The van der Waals surface area contributed by atoms with Gasteiger partial charge in [-0.15, -0.1) is 0 Å². The molecule has 1 aliphatic rings. The fraction of sp³-hybridized carbons (Fsp3) is 0.556. The molecule has 0 bridgehead atoms. The number of carbonyl (C=O) groups is 2. The molecule has 1 heterocycles. The van der Waals surface area contributed by atoms with Crippen LogP contribution in [0.5, 0.6) is 0 Å². The number of anilines is 1. The van der Waals surface area contributed by atoms with Crippen LogP contribution in [0.25, 0.3) is 0 Å². The van der Waals surface area contributed by atoms with E-state index in [0.29, 0.717) is 18.8 Å². The zero-order valence-corrected chi connectivity index (χ0v) is 15.4. The standard InChI is InChI=1S/C18H25F3N4O2/c1-12(2)16(26)24-14-5-3-13(4-6-14)17(27)23-11-15(18(19,20)21)25-9-7-22-8-10-25/h3-6,12,15,22H,7-11H2,1-2H3,(H,23,27)(H,24,26). The first-order chi connectivity index (χ1) is 12.7. The summed E-state index contributed by atoms with van der Waals surface area (Å²) in [5.74, 6) is -0.922. The largest absolute Gasteiger partial charge is 0.405 e. The first-order valence-corrected chi connectivity index (χ1v) is 8.89. The Kier molecular flexibility index (Phi) is 7.20. The lowest BCUT2D eigenvalue weighted by molar-refractivity contribution is -0.183. The normalized spacial score (nSPS) is 16.8. The molecule has 1 aromatic rings. The second-order valence-electron chi connectivity index (χ2n) is 6.77. The number of nitrogens with one attached hydrogen (secondary N) is 3. The summed E-state index contributed by atoms with van der Waals surface area (Å²) in [6, 6.07) is 4.32. The van der Waals surface area contributed by atoms with Gasteiger partial charge in [-0.05, 0) is 24.3 Å². The minimum Gasteiger partial charge on any atom is -0.350 e. The highest BCUT2D eigenvalue weighted by Gasteiger charge is 2.43. The van der Waals surface area contributed by atoms with Crippen LogP contribution in [0.1, 0.15) is 24.2 Å². The summed E-state index contributed by atoms with van der Waals surface area (Å²) in [4.78, 5) is 25.2. The van der Waals surface area contributed by atoms with E-state index in [1.54, 1.807) is 26.0 Å². The van der Waals surface area contributed by atoms with Crippen molar-refractivity contribution in [3.05, 3.63) is 29.8 Å². The highest BCUT2D eigenvalue weighted by Crippen LogP contribution is 2.25. The van der Waals surface area contributed by atoms with E-state index in [9.17, 15) is 22.8 Å². The van der Waals surface area contributed by atoms with Crippen molar-refractivity contribution in [1.29, 1.82) is 0 Å². The fourth-order valence-corrected chi connectivity index (χ4v) is 2.73. The van der Waals surface area contributed by atoms with Gasteiger partial charge in [-0.1, -0.05) is 13.8 Å². The summed E-state index contributed by atoms with van der Waals surface area (Å²) in [5, 5.41) is 8.07. The molecule has 1 aliphatic heterocycles. The molecule has 27 heavy (non-hydrogen) atoms. The van der Waals surface area contributed by atoms with Gasteiger partial charge in [0, 0.05) is 49.9 Å². The van der Waals surface area contributed by atoms with E-state index in [4.69, 9.17) is 0 Å². The zero-order chi connectivity index (χ0) is 20.0. The molecule has 9 heteroatoms. The van der Waals surface area contributed by atoms with E-state index in [2.05, 4.69) is 16.0 Å². The van der Waals surface area contributed by atoms with Crippen LogP contribution in [0.4, 0.5) is 18.9 Å². The summed E-state index contributed by atoms with van der Waals surface area (Å²) in [5.41, 5.74) is 0.762. The number of rotatable bonds is 6. The second kappa shape index (κ2) is 9.18. The number of carbonyl (C=O) groups excluding carboxylic acids is 2. The lowest BCUT2D eigenvalue weighted by Crippen LogP contribution is -2.57. The third-order valence-corrected chi connectivity index (χ3v) is 4.37. The molecule has 2 rings (SSSR count). The molecule has 1 atom stereocenters. The first kappa shape index (κ1) is 21.2. The Labute approximate surface area is 156 Å². The summed E-state index contributed by atoms with van der Waals surface area (Å²) in [6.45, 7) is 4.55. The van der Waals surface area contributed by atoms with Gasteiger partial charge in [-0.3, -0.25) is 14.5 Å². The van der Waals surface area contributed by atoms with Crippen molar-refractivity contribution >= 4 is 17.5 Å². The Hall–Kier alpha value is -2.13. The number of piperazine rings is 1. The van der Waals surface area contributed by atoms with Crippen LogP contribution in [-0.4, -0.2) is 61.7 Å².